The molecule has 4 rings (SSSR count). The van der Waals surface area contributed by atoms with E-state index in [4.69, 9.17) is 9.41 Å². The van der Waals surface area contributed by atoms with Crippen LogP contribution in [0.4, 0.5) is 0 Å². The Bertz CT molecular complexity index is 1130. The summed E-state index contributed by atoms with van der Waals surface area (Å²) in [7, 11) is 0. The number of imidazole rings is 1. The van der Waals surface area contributed by atoms with Crippen LogP contribution in [0.3, 0.4) is 0 Å². The number of guanidine groups is 1. The van der Waals surface area contributed by atoms with Gasteiger partial charge >= 0.3 is 0 Å². The van der Waals surface area contributed by atoms with Crippen molar-refractivity contribution in [1.29, 1.82) is 0 Å². The Morgan fingerprint density at radius 1 is 1.07 bits per heavy atom. The molecule has 2 heterocycles. The maximum absolute atomic E-state index is 6.00. The molecule has 0 saturated heterocycles. The molecule has 0 spiro atoms. The summed E-state index contributed by atoms with van der Waals surface area (Å²) in [5.41, 5.74) is 3.31. The summed E-state index contributed by atoms with van der Waals surface area (Å²) in [6, 6.07) is 18.5. The Hall–Kier alpha value is -3.54. The molecule has 0 amide bonds. The standard InChI is InChI=1S/C24H27N5O/c1-3-25-24(27-15-22-18(2)20-11-7-8-12-21(20)30-22)28-16-23-26-13-14-29(23)17-19-9-5-4-6-10-19/h4-14H,3,15-17H2,1-2H3,(H2,25,27,28). The number of aryl methyl sites for hydroxylation is 1. The van der Waals surface area contributed by atoms with Gasteiger partial charge in [-0.05, 0) is 25.5 Å². The van der Waals surface area contributed by atoms with Crippen molar-refractivity contribution in [3.05, 3.63) is 89.7 Å². The molecular weight excluding hydrogens is 374 g/mol. The van der Waals surface area contributed by atoms with Crippen LogP contribution in [0.1, 0.15) is 29.6 Å². The van der Waals surface area contributed by atoms with Crippen LogP contribution in [0.5, 0.6) is 0 Å². The van der Waals surface area contributed by atoms with Gasteiger partial charge in [0.15, 0.2) is 5.96 Å². The van der Waals surface area contributed by atoms with E-state index in [0.717, 1.165) is 47.2 Å². The molecule has 0 atom stereocenters. The van der Waals surface area contributed by atoms with Gasteiger partial charge in [-0.25, -0.2) is 9.98 Å². The van der Waals surface area contributed by atoms with E-state index in [1.165, 1.54) is 5.56 Å². The number of aromatic nitrogens is 2. The van der Waals surface area contributed by atoms with Crippen molar-refractivity contribution in [2.24, 2.45) is 4.99 Å². The molecule has 2 N–H and O–H groups in total. The number of fused-ring (bicyclic) bond motifs is 1. The molecule has 0 bridgehead atoms. The van der Waals surface area contributed by atoms with Crippen molar-refractivity contribution in [2.75, 3.05) is 6.54 Å². The molecule has 2 aromatic carbocycles. The van der Waals surface area contributed by atoms with Gasteiger partial charge < -0.3 is 19.6 Å². The molecule has 0 aliphatic heterocycles. The van der Waals surface area contributed by atoms with E-state index in [-0.39, 0.29) is 0 Å². The van der Waals surface area contributed by atoms with Crippen molar-refractivity contribution in [3.8, 4) is 0 Å². The highest BCUT2D eigenvalue weighted by atomic mass is 16.3. The lowest BCUT2D eigenvalue weighted by molar-refractivity contribution is 0.534. The molecule has 0 unspecified atom stereocenters. The number of furan rings is 1. The predicted octanol–water partition coefficient (Wildman–Crippen LogP) is 4.24. The summed E-state index contributed by atoms with van der Waals surface area (Å²) in [6.07, 6.45) is 3.82. The molecule has 154 valence electrons. The van der Waals surface area contributed by atoms with Gasteiger partial charge in [0.05, 0.1) is 6.54 Å². The van der Waals surface area contributed by atoms with E-state index in [1.807, 2.05) is 36.7 Å². The zero-order valence-corrected chi connectivity index (χ0v) is 17.4. The second-order valence-electron chi connectivity index (χ2n) is 7.15. The molecule has 0 saturated carbocycles. The molecule has 6 nitrogen and oxygen atoms in total. The van der Waals surface area contributed by atoms with Crippen LogP contribution in [0.15, 0.2) is 76.4 Å². The number of aliphatic imine (C=N–C) groups is 1. The van der Waals surface area contributed by atoms with Gasteiger partial charge in [-0.15, -0.1) is 0 Å². The molecule has 30 heavy (non-hydrogen) atoms. The van der Waals surface area contributed by atoms with Gasteiger partial charge in [0.25, 0.3) is 0 Å². The summed E-state index contributed by atoms with van der Waals surface area (Å²) < 4.78 is 8.13. The molecule has 4 aromatic rings. The highest BCUT2D eigenvalue weighted by molar-refractivity contribution is 5.83. The smallest absolute Gasteiger partial charge is 0.192 e. The van der Waals surface area contributed by atoms with Gasteiger partial charge in [0, 0.05) is 36.4 Å². The molecule has 0 fully saturated rings. The van der Waals surface area contributed by atoms with Crippen molar-refractivity contribution < 1.29 is 4.42 Å². The summed E-state index contributed by atoms with van der Waals surface area (Å²) in [6.45, 7) is 6.78. The minimum Gasteiger partial charge on any atom is -0.459 e. The van der Waals surface area contributed by atoms with Crippen molar-refractivity contribution in [2.45, 2.75) is 33.5 Å². The number of nitrogens with zero attached hydrogens (tertiary/aromatic N) is 3. The Morgan fingerprint density at radius 3 is 2.67 bits per heavy atom. The Morgan fingerprint density at radius 2 is 1.87 bits per heavy atom. The zero-order valence-electron chi connectivity index (χ0n) is 17.4. The quantitative estimate of drug-likeness (QED) is 0.359. The number of nitrogens with one attached hydrogen (secondary N) is 2. The van der Waals surface area contributed by atoms with E-state index >= 15 is 0 Å². The predicted molar refractivity (Wildman–Crippen MR) is 120 cm³/mol. The SMILES string of the molecule is CCNC(=NCc1nccn1Cc1ccccc1)NCc1oc2ccccc2c1C. The first-order valence-electron chi connectivity index (χ1n) is 10.3. The van der Waals surface area contributed by atoms with Gasteiger partial charge in [0.2, 0.25) is 0 Å². The third-order valence-electron chi connectivity index (χ3n) is 5.08. The lowest BCUT2D eigenvalue weighted by atomic mass is 10.1. The average Bonchev–Trinajstić information content (AvgIpc) is 3.35. The molecule has 2 aromatic heterocycles. The van der Waals surface area contributed by atoms with Crippen LogP contribution in [0.25, 0.3) is 11.0 Å². The van der Waals surface area contributed by atoms with Crippen molar-refractivity contribution >= 4 is 16.9 Å². The minimum absolute atomic E-state index is 0.494. The number of benzene rings is 2. The first-order chi connectivity index (χ1) is 14.7. The molecule has 0 radical (unpaired) electrons. The van der Waals surface area contributed by atoms with E-state index in [0.29, 0.717) is 13.1 Å². The van der Waals surface area contributed by atoms with E-state index in [1.54, 1.807) is 0 Å². The van der Waals surface area contributed by atoms with Crippen LogP contribution in [-0.4, -0.2) is 22.1 Å². The molecule has 6 heteroatoms. The fourth-order valence-corrected chi connectivity index (χ4v) is 3.46. The molecule has 0 aliphatic carbocycles. The summed E-state index contributed by atoms with van der Waals surface area (Å²) in [5, 5.41) is 7.83. The second kappa shape index (κ2) is 9.31. The monoisotopic (exact) mass is 401 g/mol. The average molecular weight is 402 g/mol. The van der Waals surface area contributed by atoms with Crippen LogP contribution in [0.2, 0.25) is 0 Å². The fraction of sp³-hybridized carbons (Fsp3) is 0.250. The van der Waals surface area contributed by atoms with Crippen LogP contribution >= 0.6 is 0 Å². The van der Waals surface area contributed by atoms with Crippen LogP contribution < -0.4 is 10.6 Å². The van der Waals surface area contributed by atoms with E-state index in [9.17, 15) is 0 Å². The highest BCUT2D eigenvalue weighted by Gasteiger charge is 2.10. The first kappa shape index (κ1) is 19.8. The van der Waals surface area contributed by atoms with E-state index in [2.05, 4.69) is 64.4 Å². The van der Waals surface area contributed by atoms with Gasteiger partial charge in [-0.3, -0.25) is 0 Å². The summed E-state index contributed by atoms with van der Waals surface area (Å²) in [5.74, 6) is 2.59. The topological polar surface area (TPSA) is 67.4 Å². The van der Waals surface area contributed by atoms with Crippen molar-refractivity contribution in [1.82, 2.24) is 20.2 Å². The Kier molecular flexibility index (Phi) is 6.13. The molecular formula is C24H27N5O. The zero-order chi connectivity index (χ0) is 20.8. The lowest BCUT2D eigenvalue weighted by Crippen LogP contribution is -2.36. The van der Waals surface area contributed by atoms with Crippen molar-refractivity contribution in [3.63, 3.8) is 0 Å². The number of hydrogen-bond acceptors (Lipinski definition) is 3. The lowest BCUT2D eigenvalue weighted by Gasteiger charge is -2.11. The third-order valence-corrected chi connectivity index (χ3v) is 5.08. The summed E-state index contributed by atoms with van der Waals surface area (Å²) >= 11 is 0. The minimum atomic E-state index is 0.494. The van der Waals surface area contributed by atoms with E-state index < -0.39 is 0 Å². The Balaban J connectivity index is 1.44. The largest absolute Gasteiger partial charge is 0.459 e. The third kappa shape index (κ3) is 4.54. The Labute approximate surface area is 176 Å². The maximum Gasteiger partial charge on any atom is 0.192 e. The molecule has 0 aliphatic rings. The highest BCUT2D eigenvalue weighted by Crippen LogP contribution is 2.24. The maximum atomic E-state index is 6.00. The number of rotatable bonds is 7. The normalized spacial score (nSPS) is 11.7. The number of para-hydroxylation sites is 1. The van der Waals surface area contributed by atoms with Gasteiger partial charge in [0.1, 0.15) is 23.7 Å². The summed E-state index contributed by atoms with van der Waals surface area (Å²) in [4.78, 5) is 9.21. The van der Waals surface area contributed by atoms with Gasteiger partial charge in [-0.1, -0.05) is 48.5 Å². The second-order valence-corrected chi connectivity index (χ2v) is 7.15. The van der Waals surface area contributed by atoms with Crippen LogP contribution in [0, 0.1) is 6.92 Å². The fourth-order valence-electron chi connectivity index (χ4n) is 3.46. The van der Waals surface area contributed by atoms with Gasteiger partial charge in [-0.2, -0.15) is 0 Å². The number of hydrogen-bond donors (Lipinski definition) is 2. The first-order valence-corrected chi connectivity index (χ1v) is 10.3. The van der Waals surface area contributed by atoms with Crippen LogP contribution in [-0.2, 0) is 19.6 Å².